The van der Waals surface area contributed by atoms with E-state index in [1.807, 2.05) is 6.92 Å². The molecular formula is C14H27N5. The minimum absolute atomic E-state index is 0.874. The van der Waals surface area contributed by atoms with Gasteiger partial charge in [-0.3, -0.25) is 0 Å². The lowest BCUT2D eigenvalue weighted by Crippen LogP contribution is -2.25. The predicted molar refractivity (Wildman–Crippen MR) is 81.8 cm³/mol. The van der Waals surface area contributed by atoms with Gasteiger partial charge in [-0.25, -0.2) is 9.97 Å². The molecule has 0 bridgehead atoms. The molecule has 0 amide bonds. The summed E-state index contributed by atoms with van der Waals surface area (Å²) in [6.07, 6.45) is 2.74. The van der Waals surface area contributed by atoms with Crippen molar-refractivity contribution in [2.75, 3.05) is 43.4 Å². The van der Waals surface area contributed by atoms with Crippen molar-refractivity contribution in [2.24, 2.45) is 0 Å². The van der Waals surface area contributed by atoms with Gasteiger partial charge in [-0.05, 0) is 39.9 Å². The van der Waals surface area contributed by atoms with E-state index in [-0.39, 0.29) is 0 Å². The summed E-state index contributed by atoms with van der Waals surface area (Å²) >= 11 is 0. The van der Waals surface area contributed by atoms with Gasteiger partial charge in [0.2, 0.25) is 0 Å². The van der Waals surface area contributed by atoms with E-state index in [9.17, 15) is 0 Å². The summed E-state index contributed by atoms with van der Waals surface area (Å²) in [4.78, 5) is 11.0. The van der Waals surface area contributed by atoms with Crippen LogP contribution in [0.2, 0.25) is 0 Å². The Morgan fingerprint density at radius 1 is 1.05 bits per heavy atom. The lowest BCUT2D eigenvalue weighted by Gasteiger charge is -2.18. The topological polar surface area (TPSA) is 53.1 Å². The Labute approximate surface area is 116 Å². The van der Waals surface area contributed by atoms with Crippen LogP contribution in [-0.2, 0) is 0 Å². The summed E-state index contributed by atoms with van der Waals surface area (Å²) in [5.41, 5.74) is 1.09. The molecule has 2 N–H and O–H groups in total. The quantitative estimate of drug-likeness (QED) is 0.671. The van der Waals surface area contributed by atoms with E-state index in [0.717, 1.165) is 56.3 Å². The molecule has 0 fully saturated rings. The third kappa shape index (κ3) is 5.03. The van der Waals surface area contributed by atoms with Gasteiger partial charge in [0.05, 0.1) is 0 Å². The molecule has 0 aromatic carbocycles. The number of nitrogens with zero attached hydrogens (tertiary/aromatic N) is 3. The summed E-state index contributed by atoms with van der Waals surface area (Å²) < 4.78 is 0. The summed E-state index contributed by atoms with van der Waals surface area (Å²) in [6.45, 7) is 13.7. The zero-order valence-corrected chi connectivity index (χ0v) is 12.7. The lowest BCUT2D eigenvalue weighted by molar-refractivity contribution is 0.303. The van der Waals surface area contributed by atoms with Gasteiger partial charge < -0.3 is 15.5 Å². The minimum Gasteiger partial charge on any atom is -0.370 e. The van der Waals surface area contributed by atoms with E-state index in [1.165, 1.54) is 0 Å². The first-order valence-electron chi connectivity index (χ1n) is 7.24. The standard InChI is InChI=1S/C14H27N5/c1-5-15-13-12(4)14(18-11-17-13)16-9-8-10-19(6-2)7-3/h11H,5-10H2,1-4H3,(H2,15,16,17,18). The highest BCUT2D eigenvalue weighted by atomic mass is 15.1. The molecular weight excluding hydrogens is 238 g/mol. The van der Waals surface area contributed by atoms with E-state index in [2.05, 4.69) is 46.3 Å². The average Bonchev–Trinajstić information content (AvgIpc) is 2.43. The van der Waals surface area contributed by atoms with Crippen molar-refractivity contribution in [1.29, 1.82) is 0 Å². The highest BCUT2D eigenvalue weighted by Gasteiger charge is 2.05. The van der Waals surface area contributed by atoms with Gasteiger partial charge >= 0.3 is 0 Å². The average molecular weight is 265 g/mol. The number of hydrogen-bond acceptors (Lipinski definition) is 5. The van der Waals surface area contributed by atoms with Crippen molar-refractivity contribution in [1.82, 2.24) is 14.9 Å². The lowest BCUT2D eigenvalue weighted by atomic mass is 10.3. The van der Waals surface area contributed by atoms with Crippen LogP contribution in [-0.4, -0.2) is 47.6 Å². The minimum atomic E-state index is 0.874. The monoisotopic (exact) mass is 265 g/mol. The molecule has 0 saturated carbocycles. The van der Waals surface area contributed by atoms with Gasteiger partial charge in [-0.1, -0.05) is 13.8 Å². The molecule has 0 atom stereocenters. The van der Waals surface area contributed by atoms with Crippen molar-refractivity contribution in [3.63, 3.8) is 0 Å². The van der Waals surface area contributed by atoms with E-state index < -0.39 is 0 Å². The second kappa shape index (κ2) is 8.69. The zero-order chi connectivity index (χ0) is 14.1. The van der Waals surface area contributed by atoms with Crippen LogP contribution in [0.25, 0.3) is 0 Å². The smallest absolute Gasteiger partial charge is 0.134 e. The highest BCUT2D eigenvalue weighted by Crippen LogP contribution is 2.17. The molecule has 1 heterocycles. The third-order valence-corrected chi connectivity index (χ3v) is 3.27. The second-order valence-corrected chi connectivity index (χ2v) is 4.53. The normalized spacial score (nSPS) is 10.8. The van der Waals surface area contributed by atoms with Gasteiger partial charge in [0.1, 0.15) is 18.0 Å². The van der Waals surface area contributed by atoms with E-state index in [1.54, 1.807) is 6.33 Å². The molecule has 0 spiro atoms. The number of anilines is 2. The Balaban J connectivity index is 2.43. The van der Waals surface area contributed by atoms with E-state index in [0.29, 0.717) is 0 Å². The summed E-state index contributed by atoms with van der Waals surface area (Å²) in [5.74, 6) is 1.86. The van der Waals surface area contributed by atoms with Gasteiger partial charge in [0.15, 0.2) is 0 Å². The van der Waals surface area contributed by atoms with Crippen LogP contribution in [0.3, 0.4) is 0 Å². The van der Waals surface area contributed by atoms with Crippen molar-refractivity contribution < 1.29 is 0 Å². The third-order valence-electron chi connectivity index (χ3n) is 3.27. The molecule has 0 aliphatic heterocycles. The fourth-order valence-corrected chi connectivity index (χ4v) is 2.02. The van der Waals surface area contributed by atoms with Gasteiger partial charge in [0, 0.05) is 18.7 Å². The van der Waals surface area contributed by atoms with Crippen molar-refractivity contribution in [3.05, 3.63) is 11.9 Å². The van der Waals surface area contributed by atoms with Crippen LogP contribution in [0, 0.1) is 6.92 Å². The molecule has 5 heteroatoms. The molecule has 0 aliphatic carbocycles. The summed E-state index contributed by atoms with van der Waals surface area (Å²) in [5, 5.41) is 6.64. The molecule has 0 saturated heterocycles. The Hall–Kier alpha value is -1.36. The first-order valence-corrected chi connectivity index (χ1v) is 7.24. The van der Waals surface area contributed by atoms with Gasteiger partial charge in [-0.2, -0.15) is 0 Å². The Bertz CT molecular complexity index is 363. The molecule has 1 aromatic heterocycles. The SMILES string of the molecule is CCNc1ncnc(NCCCN(CC)CC)c1C. The first-order chi connectivity index (χ1) is 9.22. The Morgan fingerprint density at radius 3 is 2.26 bits per heavy atom. The van der Waals surface area contributed by atoms with Crippen LogP contribution in [0.15, 0.2) is 6.33 Å². The number of rotatable bonds is 9. The molecule has 1 rings (SSSR count). The van der Waals surface area contributed by atoms with E-state index >= 15 is 0 Å². The fraction of sp³-hybridized carbons (Fsp3) is 0.714. The van der Waals surface area contributed by atoms with Crippen molar-refractivity contribution in [2.45, 2.75) is 34.1 Å². The molecule has 5 nitrogen and oxygen atoms in total. The maximum Gasteiger partial charge on any atom is 0.134 e. The first kappa shape index (κ1) is 15.7. The highest BCUT2D eigenvalue weighted by molar-refractivity contribution is 5.56. The summed E-state index contributed by atoms with van der Waals surface area (Å²) in [6, 6.07) is 0. The largest absolute Gasteiger partial charge is 0.370 e. The Kier molecular flexibility index (Phi) is 7.18. The van der Waals surface area contributed by atoms with Crippen LogP contribution >= 0.6 is 0 Å². The predicted octanol–water partition coefficient (Wildman–Crippen LogP) is 2.36. The molecule has 108 valence electrons. The number of aromatic nitrogens is 2. The maximum atomic E-state index is 4.30. The maximum absolute atomic E-state index is 4.30. The zero-order valence-electron chi connectivity index (χ0n) is 12.7. The van der Waals surface area contributed by atoms with Crippen molar-refractivity contribution >= 4 is 11.6 Å². The van der Waals surface area contributed by atoms with Gasteiger partial charge in [-0.15, -0.1) is 0 Å². The van der Waals surface area contributed by atoms with Gasteiger partial charge in [0.25, 0.3) is 0 Å². The summed E-state index contributed by atoms with van der Waals surface area (Å²) in [7, 11) is 0. The molecule has 1 aromatic rings. The number of hydrogen-bond donors (Lipinski definition) is 2. The molecule has 0 radical (unpaired) electrons. The van der Waals surface area contributed by atoms with Crippen LogP contribution in [0.4, 0.5) is 11.6 Å². The van der Waals surface area contributed by atoms with Crippen LogP contribution in [0.5, 0.6) is 0 Å². The van der Waals surface area contributed by atoms with Crippen molar-refractivity contribution in [3.8, 4) is 0 Å². The molecule has 0 aliphatic rings. The van der Waals surface area contributed by atoms with Crippen LogP contribution < -0.4 is 10.6 Å². The molecule has 0 unspecified atom stereocenters. The van der Waals surface area contributed by atoms with Crippen LogP contribution in [0.1, 0.15) is 32.8 Å². The fourth-order valence-electron chi connectivity index (χ4n) is 2.02. The van der Waals surface area contributed by atoms with E-state index in [4.69, 9.17) is 0 Å². The molecule has 19 heavy (non-hydrogen) atoms. The second-order valence-electron chi connectivity index (χ2n) is 4.53. The number of nitrogens with one attached hydrogen (secondary N) is 2. The Morgan fingerprint density at radius 2 is 1.68 bits per heavy atom.